The van der Waals surface area contributed by atoms with Crippen LogP contribution in [-0.4, -0.2) is 43.2 Å². The number of nitrogens with zero attached hydrogens (tertiary/aromatic N) is 1. The van der Waals surface area contributed by atoms with Crippen molar-refractivity contribution in [3.8, 4) is 5.75 Å². The molecule has 1 atom stereocenters. The topological polar surface area (TPSA) is 49.8 Å². The van der Waals surface area contributed by atoms with Crippen molar-refractivity contribution in [3.63, 3.8) is 0 Å². The van der Waals surface area contributed by atoms with Gasteiger partial charge in [0, 0.05) is 6.54 Å². The van der Waals surface area contributed by atoms with E-state index in [1.54, 1.807) is 0 Å². The molecule has 0 radical (unpaired) electrons. The summed E-state index contributed by atoms with van der Waals surface area (Å²) in [5.41, 5.74) is 1.73. The molecule has 0 aliphatic rings. The van der Waals surface area contributed by atoms with E-state index in [0.29, 0.717) is 13.0 Å². The summed E-state index contributed by atoms with van der Waals surface area (Å²) in [6.45, 7) is 1.39. The van der Waals surface area contributed by atoms with Gasteiger partial charge in [-0.3, -0.25) is 4.79 Å². The monoisotopic (exact) mass is 313 g/mol. The quantitative estimate of drug-likeness (QED) is 0.814. The van der Waals surface area contributed by atoms with Gasteiger partial charge < -0.3 is 14.7 Å². The molecule has 0 saturated heterocycles. The minimum Gasteiger partial charge on any atom is -0.492 e. The summed E-state index contributed by atoms with van der Waals surface area (Å²) >= 11 is 0. The predicted octanol–water partition coefficient (Wildman–Crippen LogP) is 3.04. The highest BCUT2D eigenvalue weighted by Crippen LogP contribution is 2.27. The first-order valence-corrected chi connectivity index (χ1v) is 7.71. The maximum absolute atomic E-state index is 11.7. The van der Waals surface area contributed by atoms with Crippen molar-refractivity contribution < 1.29 is 14.6 Å². The number of carbonyl (C=O) groups is 1. The van der Waals surface area contributed by atoms with Gasteiger partial charge in [0.05, 0.1) is 5.92 Å². The summed E-state index contributed by atoms with van der Waals surface area (Å²) in [5, 5.41) is 9.58. The van der Waals surface area contributed by atoms with E-state index >= 15 is 0 Å². The van der Waals surface area contributed by atoms with Crippen molar-refractivity contribution in [2.24, 2.45) is 0 Å². The molecular weight excluding hydrogens is 290 g/mol. The third kappa shape index (κ3) is 5.11. The average molecular weight is 313 g/mol. The van der Waals surface area contributed by atoms with E-state index < -0.39 is 11.9 Å². The van der Waals surface area contributed by atoms with Gasteiger partial charge in [-0.1, -0.05) is 48.5 Å². The number of rotatable bonds is 8. The Hall–Kier alpha value is -2.33. The minimum absolute atomic E-state index is 0.414. The molecule has 0 fully saturated rings. The Bertz CT molecular complexity index is 626. The van der Waals surface area contributed by atoms with Gasteiger partial charge in [0.2, 0.25) is 0 Å². The van der Waals surface area contributed by atoms with Gasteiger partial charge in [0.1, 0.15) is 12.4 Å². The second kappa shape index (κ2) is 8.34. The zero-order valence-electron chi connectivity index (χ0n) is 13.6. The summed E-state index contributed by atoms with van der Waals surface area (Å²) < 4.78 is 5.83. The first-order valence-electron chi connectivity index (χ1n) is 7.71. The van der Waals surface area contributed by atoms with E-state index in [-0.39, 0.29) is 0 Å². The number of para-hydroxylation sites is 1. The highest BCUT2D eigenvalue weighted by Gasteiger charge is 2.21. The number of carboxylic acids is 1. The molecule has 122 valence electrons. The Kier molecular flexibility index (Phi) is 6.18. The van der Waals surface area contributed by atoms with Crippen molar-refractivity contribution in [1.82, 2.24) is 4.90 Å². The molecule has 1 N–H and O–H groups in total. The van der Waals surface area contributed by atoms with E-state index in [1.807, 2.05) is 73.6 Å². The zero-order chi connectivity index (χ0) is 16.7. The smallest absolute Gasteiger partial charge is 0.311 e. The fourth-order valence-electron chi connectivity index (χ4n) is 2.40. The largest absolute Gasteiger partial charge is 0.492 e. The molecule has 2 aromatic rings. The zero-order valence-corrected chi connectivity index (χ0v) is 13.6. The van der Waals surface area contributed by atoms with Crippen LogP contribution in [0.5, 0.6) is 5.75 Å². The van der Waals surface area contributed by atoms with Crippen molar-refractivity contribution >= 4 is 5.97 Å². The molecule has 23 heavy (non-hydrogen) atoms. The number of hydrogen-bond acceptors (Lipinski definition) is 3. The second-order valence-corrected chi connectivity index (χ2v) is 5.77. The van der Waals surface area contributed by atoms with Gasteiger partial charge in [-0.2, -0.15) is 0 Å². The molecule has 0 aromatic heterocycles. The number of benzene rings is 2. The van der Waals surface area contributed by atoms with E-state index in [9.17, 15) is 9.90 Å². The van der Waals surface area contributed by atoms with Gasteiger partial charge in [0.15, 0.2) is 0 Å². The minimum atomic E-state index is -0.820. The van der Waals surface area contributed by atoms with Crippen molar-refractivity contribution in [2.75, 3.05) is 27.2 Å². The molecule has 0 spiro atoms. The molecule has 0 aliphatic heterocycles. The average Bonchev–Trinajstić information content (AvgIpc) is 2.54. The van der Waals surface area contributed by atoms with Gasteiger partial charge in [0.25, 0.3) is 0 Å². The SMILES string of the molecule is CN(C)CCOc1ccccc1CC(C(=O)O)c1ccccc1. The Labute approximate surface area is 137 Å². The summed E-state index contributed by atoms with van der Waals surface area (Å²) in [6.07, 6.45) is 0.414. The molecule has 0 heterocycles. The fourth-order valence-corrected chi connectivity index (χ4v) is 2.40. The fraction of sp³-hybridized carbons (Fsp3) is 0.316. The first-order chi connectivity index (χ1) is 11.1. The summed E-state index contributed by atoms with van der Waals surface area (Å²) in [6, 6.07) is 17.0. The van der Waals surface area contributed by atoms with E-state index in [2.05, 4.69) is 0 Å². The van der Waals surface area contributed by atoms with E-state index in [1.165, 1.54) is 0 Å². The molecular formula is C19H23NO3. The van der Waals surface area contributed by atoms with Crippen LogP contribution in [-0.2, 0) is 11.2 Å². The molecule has 4 nitrogen and oxygen atoms in total. The van der Waals surface area contributed by atoms with Gasteiger partial charge in [-0.05, 0) is 37.7 Å². The molecule has 0 amide bonds. The van der Waals surface area contributed by atoms with Crippen LogP contribution < -0.4 is 4.74 Å². The standard InChI is InChI=1S/C19H23NO3/c1-20(2)12-13-23-18-11-7-6-10-16(18)14-17(19(21)22)15-8-4-3-5-9-15/h3-11,17H,12-14H2,1-2H3,(H,21,22). The van der Waals surface area contributed by atoms with Crippen LogP contribution in [0.15, 0.2) is 54.6 Å². The Morgan fingerprint density at radius 1 is 1.09 bits per heavy atom. The Morgan fingerprint density at radius 2 is 1.74 bits per heavy atom. The maximum Gasteiger partial charge on any atom is 0.311 e. The lowest BCUT2D eigenvalue weighted by molar-refractivity contribution is -0.138. The van der Waals surface area contributed by atoms with Crippen LogP contribution in [0.1, 0.15) is 17.0 Å². The van der Waals surface area contributed by atoms with Crippen molar-refractivity contribution in [3.05, 3.63) is 65.7 Å². The van der Waals surface area contributed by atoms with Crippen LogP contribution in [0.2, 0.25) is 0 Å². The number of hydrogen-bond donors (Lipinski definition) is 1. The molecule has 4 heteroatoms. The molecule has 0 saturated carbocycles. The van der Waals surface area contributed by atoms with Gasteiger partial charge in [-0.25, -0.2) is 0 Å². The highest BCUT2D eigenvalue weighted by molar-refractivity contribution is 5.76. The summed E-state index contributed by atoms with van der Waals surface area (Å²) in [4.78, 5) is 13.7. The summed E-state index contributed by atoms with van der Waals surface area (Å²) in [5.74, 6) is -0.634. The molecule has 0 aliphatic carbocycles. The molecule has 1 unspecified atom stereocenters. The van der Waals surface area contributed by atoms with Crippen molar-refractivity contribution in [2.45, 2.75) is 12.3 Å². The number of carboxylic acid groups (broad SMARTS) is 1. The van der Waals surface area contributed by atoms with Crippen LogP contribution in [0.4, 0.5) is 0 Å². The number of likely N-dealkylation sites (N-methyl/N-ethyl adjacent to an activating group) is 1. The van der Waals surface area contributed by atoms with Gasteiger partial charge in [-0.15, -0.1) is 0 Å². The summed E-state index contributed by atoms with van der Waals surface area (Å²) in [7, 11) is 3.98. The van der Waals surface area contributed by atoms with E-state index in [4.69, 9.17) is 4.74 Å². The van der Waals surface area contributed by atoms with Crippen LogP contribution in [0.25, 0.3) is 0 Å². The lowest BCUT2D eigenvalue weighted by atomic mass is 9.92. The molecule has 2 aromatic carbocycles. The third-order valence-corrected chi connectivity index (χ3v) is 3.69. The lowest BCUT2D eigenvalue weighted by Gasteiger charge is -2.17. The van der Waals surface area contributed by atoms with Gasteiger partial charge >= 0.3 is 5.97 Å². The Morgan fingerprint density at radius 3 is 2.39 bits per heavy atom. The van der Waals surface area contributed by atoms with Crippen LogP contribution in [0.3, 0.4) is 0 Å². The third-order valence-electron chi connectivity index (χ3n) is 3.69. The number of ether oxygens (including phenoxy) is 1. The Balaban J connectivity index is 2.15. The van der Waals surface area contributed by atoms with Crippen molar-refractivity contribution in [1.29, 1.82) is 0 Å². The van der Waals surface area contributed by atoms with Crippen LogP contribution in [0, 0.1) is 0 Å². The molecule has 0 bridgehead atoms. The number of aliphatic carboxylic acids is 1. The maximum atomic E-state index is 11.7. The second-order valence-electron chi connectivity index (χ2n) is 5.77. The lowest BCUT2D eigenvalue weighted by Crippen LogP contribution is -2.20. The van der Waals surface area contributed by atoms with Crippen LogP contribution >= 0.6 is 0 Å². The normalized spacial score (nSPS) is 12.1. The predicted molar refractivity (Wildman–Crippen MR) is 91.0 cm³/mol. The first kappa shape index (κ1) is 17.0. The molecule has 2 rings (SSSR count). The van der Waals surface area contributed by atoms with E-state index in [0.717, 1.165) is 23.4 Å². The highest BCUT2D eigenvalue weighted by atomic mass is 16.5.